The Balaban J connectivity index is 1.91. The number of allylic oxidation sites excluding steroid dienone is 1. The van der Waals surface area contributed by atoms with Crippen LogP contribution in [0, 0.1) is 12.8 Å². The van der Waals surface area contributed by atoms with Crippen LogP contribution in [0.15, 0.2) is 46.1 Å². The van der Waals surface area contributed by atoms with E-state index in [2.05, 4.69) is 29.8 Å². The smallest absolute Gasteiger partial charge is 0.251 e. The molecule has 180 valence electrons. The van der Waals surface area contributed by atoms with E-state index in [0.717, 1.165) is 49.3 Å². The highest BCUT2D eigenvalue weighted by atomic mass is 35.5. The molecule has 3 rings (SSSR count). The van der Waals surface area contributed by atoms with Crippen LogP contribution in [0.25, 0.3) is 5.57 Å². The summed E-state index contributed by atoms with van der Waals surface area (Å²) in [6, 6.07) is 8.86. The number of H-pyrrole nitrogens is 1. The lowest BCUT2D eigenvalue weighted by molar-refractivity contribution is 0.305. The van der Waals surface area contributed by atoms with Crippen molar-refractivity contribution in [2.75, 3.05) is 25.4 Å². The highest BCUT2D eigenvalue weighted by Gasteiger charge is 2.21. The minimum Gasteiger partial charge on any atom is -0.322 e. The van der Waals surface area contributed by atoms with Gasteiger partial charge in [0.1, 0.15) is 0 Å². The lowest BCUT2D eigenvalue weighted by Gasteiger charge is -2.18. The summed E-state index contributed by atoms with van der Waals surface area (Å²) in [5, 5.41) is 0.224. The number of halogens is 1. The minimum absolute atomic E-state index is 0.0681. The second kappa shape index (κ2) is 11.5. The molecule has 2 aromatic rings. The Hall–Kier alpha value is -1.89. The van der Waals surface area contributed by atoms with Gasteiger partial charge in [-0.15, -0.1) is 0 Å². The van der Waals surface area contributed by atoms with Crippen LogP contribution in [-0.4, -0.2) is 43.7 Å². The Labute approximate surface area is 202 Å². The van der Waals surface area contributed by atoms with E-state index in [1.165, 1.54) is 12.8 Å². The van der Waals surface area contributed by atoms with Crippen LogP contribution in [0.3, 0.4) is 0 Å². The summed E-state index contributed by atoms with van der Waals surface area (Å²) in [5.41, 5.74) is 2.97. The van der Waals surface area contributed by atoms with Crippen molar-refractivity contribution in [3.8, 4) is 0 Å². The summed E-state index contributed by atoms with van der Waals surface area (Å²) in [6.07, 6.45) is 7.41. The van der Waals surface area contributed by atoms with Crippen molar-refractivity contribution in [1.82, 2.24) is 9.88 Å². The summed E-state index contributed by atoms with van der Waals surface area (Å²) >= 11 is 6.53. The summed E-state index contributed by atoms with van der Waals surface area (Å²) < 4.78 is 25.9. The molecule has 33 heavy (non-hydrogen) atoms. The van der Waals surface area contributed by atoms with Crippen LogP contribution in [0.2, 0.25) is 5.02 Å². The Kier molecular flexibility index (Phi) is 8.96. The number of benzene rings is 1. The number of aryl methyl sites for hydroxylation is 1. The van der Waals surface area contributed by atoms with Crippen LogP contribution in [0.1, 0.15) is 62.8 Å². The van der Waals surface area contributed by atoms with Gasteiger partial charge in [-0.3, -0.25) is 4.79 Å². The van der Waals surface area contributed by atoms with E-state index >= 15 is 0 Å². The first-order valence-corrected chi connectivity index (χ1v) is 13.9. The molecule has 7 heteroatoms. The third-order valence-electron chi connectivity index (χ3n) is 6.56. The maximum Gasteiger partial charge on any atom is 0.251 e. The molecular formula is C26H35ClN2O3S. The fraction of sp³-hybridized carbons (Fsp3) is 0.500. The average Bonchev–Trinajstić information content (AvgIpc) is 3.30. The largest absolute Gasteiger partial charge is 0.322 e. The molecule has 5 nitrogen and oxygen atoms in total. The third kappa shape index (κ3) is 6.58. The van der Waals surface area contributed by atoms with Crippen molar-refractivity contribution in [3.05, 3.63) is 68.6 Å². The SMILES string of the molecule is CCN(CC)CCCS(=O)(=O)c1ccc(/C(=C\C2CCCC2)c2ccc(C)c(=O)[nH]2)cc1Cl. The van der Waals surface area contributed by atoms with Gasteiger partial charge in [0.15, 0.2) is 9.84 Å². The molecule has 0 atom stereocenters. The maximum atomic E-state index is 13.0. The third-order valence-corrected chi connectivity index (χ3v) is 8.84. The Morgan fingerprint density at radius 1 is 1.15 bits per heavy atom. The van der Waals surface area contributed by atoms with Gasteiger partial charge in [-0.1, -0.05) is 56.5 Å². The number of nitrogens with one attached hydrogen (secondary N) is 1. The van der Waals surface area contributed by atoms with Crippen LogP contribution in [0.5, 0.6) is 0 Å². The quantitative estimate of drug-likeness (QED) is 0.479. The van der Waals surface area contributed by atoms with Crippen molar-refractivity contribution in [1.29, 1.82) is 0 Å². The molecule has 1 aromatic carbocycles. The highest BCUT2D eigenvalue weighted by molar-refractivity contribution is 7.91. The molecule has 0 unspecified atom stereocenters. The van der Waals surface area contributed by atoms with Gasteiger partial charge in [0.2, 0.25) is 0 Å². The molecule has 1 aliphatic rings. The molecule has 1 saturated carbocycles. The molecule has 0 bridgehead atoms. The average molecular weight is 491 g/mol. The van der Waals surface area contributed by atoms with E-state index in [1.807, 2.05) is 18.2 Å². The molecule has 0 saturated heterocycles. The van der Waals surface area contributed by atoms with E-state index in [0.29, 0.717) is 17.9 Å². The van der Waals surface area contributed by atoms with Gasteiger partial charge in [0, 0.05) is 16.8 Å². The molecule has 1 fully saturated rings. The first kappa shape index (κ1) is 25.7. The van der Waals surface area contributed by atoms with Gasteiger partial charge < -0.3 is 9.88 Å². The van der Waals surface area contributed by atoms with E-state index < -0.39 is 9.84 Å². The van der Waals surface area contributed by atoms with E-state index in [-0.39, 0.29) is 21.2 Å². The first-order chi connectivity index (χ1) is 15.7. The second-order valence-electron chi connectivity index (χ2n) is 8.85. The summed E-state index contributed by atoms with van der Waals surface area (Å²) in [7, 11) is -3.48. The van der Waals surface area contributed by atoms with Gasteiger partial charge in [-0.25, -0.2) is 8.42 Å². The zero-order valence-corrected chi connectivity index (χ0v) is 21.4. The number of nitrogens with zero attached hydrogens (tertiary/aromatic N) is 1. The Morgan fingerprint density at radius 2 is 1.85 bits per heavy atom. The molecule has 0 amide bonds. The normalized spacial score (nSPS) is 15.5. The van der Waals surface area contributed by atoms with Gasteiger partial charge in [-0.05, 0) is 75.5 Å². The number of hydrogen-bond acceptors (Lipinski definition) is 4. The van der Waals surface area contributed by atoms with Gasteiger partial charge in [0.05, 0.1) is 15.7 Å². The fourth-order valence-corrected chi connectivity index (χ4v) is 6.35. The zero-order valence-electron chi connectivity index (χ0n) is 19.9. The number of aromatic amines is 1. The second-order valence-corrected chi connectivity index (χ2v) is 11.3. The molecule has 1 aliphatic carbocycles. The standard InChI is InChI=1S/C26H35ClN2O3S/c1-4-29(5-2)15-8-16-33(31,32)25-14-12-21(18-23(25)27)22(17-20-9-6-7-10-20)24-13-11-19(3)26(30)28-24/h11-14,17-18,20H,4-10,15-16H2,1-3H3,(H,28,30)/b22-17+. The highest BCUT2D eigenvalue weighted by Crippen LogP contribution is 2.34. The van der Waals surface area contributed by atoms with Crippen LogP contribution in [0.4, 0.5) is 0 Å². The summed E-state index contributed by atoms with van der Waals surface area (Å²) in [6.45, 7) is 8.49. The topological polar surface area (TPSA) is 70.2 Å². The van der Waals surface area contributed by atoms with E-state index in [9.17, 15) is 13.2 Å². The molecule has 1 aromatic heterocycles. The van der Waals surface area contributed by atoms with Crippen LogP contribution in [-0.2, 0) is 9.84 Å². The fourth-order valence-electron chi connectivity index (χ4n) is 4.45. The lowest BCUT2D eigenvalue weighted by atomic mass is 9.96. The number of sulfone groups is 1. The van der Waals surface area contributed by atoms with E-state index in [1.54, 1.807) is 19.1 Å². The van der Waals surface area contributed by atoms with Gasteiger partial charge >= 0.3 is 0 Å². The van der Waals surface area contributed by atoms with Crippen molar-refractivity contribution in [2.24, 2.45) is 5.92 Å². The predicted octanol–water partition coefficient (Wildman–Crippen LogP) is 5.46. The minimum atomic E-state index is -3.48. The molecule has 0 spiro atoms. The zero-order chi connectivity index (χ0) is 24.0. The molecule has 0 aliphatic heterocycles. The number of rotatable bonds is 10. The van der Waals surface area contributed by atoms with Gasteiger partial charge in [0.25, 0.3) is 5.56 Å². The predicted molar refractivity (Wildman–Crippen MR) is 137 cm³/mol. The van der Waals surface area contributed by atoms with Crippen molar-refractivity contribution >= 4 is 27.0 Å². The maximum absolute atomic E-state index is 13.0. The number of aromatic nitrogens is 1. The van der Waals surface area contributed by atoms with Crippen molar-refractivity contribution in [2.45, 2.75) is 57.8 Å². The Morgan fingerprint density at radius 3 is 2.45 bits per heavy atom. The molecular weight excluding hydrogens is 456 g/mol. The Bertz CT molecular complexity index is 1140. The monoisotopic (exact) mass is 490 g/mol. The molecule has 1 N–H and O–H groups in total. The number of pyridine rings is 1. The molecule has 1 heterocycles. The summed E-state index contributed by atoms with van der Waals surface area (Å²) in [5.74, 6) is 0.505. The molecule has 0 radical (unpaired) electrons. The van der Waals surface area contributed by atoms with Crippen molar-refractivity contribution < 1.29 is 8.42 Å². The number of hydrogen-bond donors (Lipinski definition) is 1. The van der Waals surface area contributed by atoms with Gasteiger partial charge in [-0.2, -0.15) is 0 Å². The van der Waals surface area contributed by atoms with Crippen molar-refractivity contribution in [3.63, 3.8) is 0 Å². The first-order valence-electron chi connectivity index (χ1n) is 11.9. The van der Waals surface area contributed by atoms with Crippen LogP contribution < -0.4 is 5.56 Å². The van der Waals surface area contributed by atoms with Crippen LogP contribution >= 0.6 is 11.6 Å². The van der Waals surface area contributed by atoms with E-state index in [4.69, 9.17) is 11.6 Å². The summed E-state index contributed by atoms with van der Waals surface area (Å²) in [4.78, 5) is 17.6. The lowest BCUT2D eigenvalue weighted by Crippen LogP contribution is -2.25.